The van der Waals surface area contributed by atoms with Gasteiger partial charge in [-0.1, -0.05) is 34.1 Å². The highest BCUT2D eigenvalue weighted by molar-refractivity contribution is 9.10. The minimum Gasteiger partial charge on any atom is -0.497 e. The van der Waals surface area contributed by atoms with Crippen LogP contribution in [-0.2, 0) is 4.79 Å². The summed E-state index contributed by atoms with van der Waals surface area (Å²) >= 11 is 3.45. The minimum atomic E-state index is -0.223. The van der Waals surface area contributed by atoms with Crippen molar-refractivity contribution in [2.45, 2.75) is 0 Å². The van der Waals surface area contributed by atoms with Crippen molar-refractivity contribution in [3.05, 3.63) is 65.1 Å². The molecule has 122 valence electrons. The summed E-state index contributed by atoms with van der Waals surface area (Å²) in [6.45, 7) is -0.0563. The van der Waals surface area contributed by atoms with Crippen LogP contribution in [-0.4, -0.2) is 19.6 Å². The molecule has 3 aromatic rings. The number of halogens is 1. The Kier molecular flexibility index (Phi) is 5.01. The maximum atomic E-state index is 12.0. The minimum absolute atomic E-state index is 0.0563. The van der Waals surface area contributed by atoms with E-state index in [4.69, 9.17) is 9.47 Å². The molecule has 0 aliphatic carbocycles. The average Bonchev–Trinajstić information content (AvgIpc) is 2.60. The molecule has 1 amide bonds. The van der Waals surface area contributed by atoms with Crippen molar-refractivity contribution < 1.29 is 14.3 Å². The molecule has 0 aromatic heterocycles. The topological polar surface area (TPSA) is 47.6 Å². The molecule has 0 unspecified atom stereocenters. The number of ether oxygens (including phenoxy) is 2. The van der Waals surface area contributed by atoms with Crippen LogP contribution >= 0.6 is 15.9 Å². The van der Waals surface area contributed by atoms with Gasteiger partial charge in [-0.3, -0.25) is 4.79 Å². The van der Waals surface area contributed by atoms with Gasteiger partial charge in [0.25, 0.3) is 5.91 Å². The van der Waals surface area contributed by atoms with E-state index in [1.807, 2.05) is 48.5 Å². The van der Waals surface area contributed by atoms with Gasteiger partial charge in [0.05, 0.1) is 7.11 Å². The highest BCUT2D eigenvalue weighted by atomic mass is 79.9. The van der Waals surface area contributed by atoms with Crippen molar-refractivity contribution in [2.75, 3.05) is 19.0 Å². The molecule has 0 atom stereocenters. The molecule has 0 saturated carbocycles. The van der Waals surface area contributed by atoms with Crippen LogP contribution in [0.3, 0.4) is 0 Å². The Balaban J connectivity index is 1.62. The van der Waals surface area contributed by atoms with E-state index in [1.54, 1.807) is 19.2 Å². The van der Waals surface area contributed by atoms with Gasteiger partial charge in [0, 0.05) is 16.2 Å². The second-order valence-corrected chi connectivity index (χ2v) is 6.14. The van der Waals surface area contributed by atoms with Gasteiger partial charge in [0.15, 0.2) is 6.61 Å². The summed E-state index contributed by atoms with van der Waals surface area (Å²) in [5.41, 5.74) is 0.673. The predicted molar refractivity (Wildman–Crippen MR) is 98.8 cm³/mol. The lowest BCUT2D eigenvalue weighted by Crippen LogP contribution is -2.20. The Morgan fingerprint density at radius 2 is 1.79 bits per heavy atom. The number of nitrogens with one attached hydrogen (secondary N) is 1. The van der Waals surface area contributed by atoms with E-state index in [2.05, 4.69) is 21.2 Å². The van der Waals surface area contributed by atoms with Crippen molar-refractivity contribution in [1.82, 2.24) is 0 Å². The van der Waals surface area contributed by atoms with Crippen LogP contribution in [0.2, 0.25) is 0 Å². The average molecular weight is 386 g/mol. The largest absolute Gasteiger partial charge is 0.497 e. The van der Waals surface area contributed by atoms with E-state index in [-0.39, 0.29) is 12.5 Å². The van der Waals surface area contributed by atoms with Gasteiger partial charge < -0.3 is 14.8 Å². The lowest BCUT2D eigenvalue weighted by atomic mass is 10.1. The van der Waals surface area contributed by atoms with Crippen LogP contribution in [0.1, 0.15) is 0 Å². The maximum Gasteiger partial charge on any atom is 0.262 e. The van der Waals surface area contributed by atoms with Crippen molar-refractivity contribution in [2.24, 2.45) is 0 Å². The summed E-state index contributed by atoms with van der Waals surface area (Å²) in [7, 11) is 1.59. The van der Waals surface area contributed by atoms with E-state index in [0.717, 1.165) is 15.2 Å². The fourth-order valence-corrected chi connectivity index (χ4v) is 2.71. The monoisotopic (exact) mass is 385 g/mol. The molecule has 5 heteroatoms. The standard InChI is InChI=1S/C19H16BrNO3/c1-23-17-4-2-3-16(11-17)21-19(22)12-24-18-8-6-13-9-15(20)7-5-14(13)10-18/h2-11H,12H2,1H3,(H,21,22). The molecule has 4 nitrogen and oxygen atoms in total. The molecule has 24 heavy (non-hydrogen) atoms. The Hall–Kier alpha value is -2.53. The highest BCUT2D eigenvalue weighted by Crippen LogP contribution is 2.24. The lowest BCUT2D eigenvalue weighted by molar-refractivity contribution is -0.118. The van der Waals surface area contributed by atoms with Gasteiger partial charge in [-0.25, -0.2) is 0 Å². The summed E-state index contributed by atoms with van der Waals surface area (Å²) in [4.78, 5) is 12.0. The van der Waals surface area contributed by atoms with E-state index in [9.17, 15) is 4.79 Å². The first kappa shape index (κ1) is 16.3. The van der Waals surface area contributed by atoms with Crippen LogP contribution < -0.4 is 14.8 Å². The quantitative estimate of drug-likeness (QED) is 0.696. The molecule has 3 rings (SSSR count). The summed E-state index contributed by atoms with van der Waals surface area (Å²) < 4.78 is 11.7. The number of hydrogen-bond acceptors (Lipinski definition) is 3. The molecule has 3 aromatic carbocycles. The number of methoxy groups -OCH3 is 1. The zero-order valence-electron chi connectivity index (χ0n) is 13.1. The maximum absolute atomic E-state index is 12.0. The second-order valence-electron chi connectivity index (χ2n) is 5.22. The summed E-state index contributed by atoms with van der Waals surface area (Å²) in [6, 6.07) is 18.9. The van der Waals surface area contributed by atoms with Gasteiger partial charge in [-0.05, 0) is 47.2 Å². The zero-order chi connectivity index (χ0) is 16.9. The highest BCUT2D eigenvalue weighted by Gasteiger charge is 2.05. The fourth-order valence-electron chi connectivity index (χ4n) is 2.33. The number of hydrogen-bond donors (Lipinski definition) is 1. The smallest absolute Gasteiger partial charge is 0.262 e. The Labute approximate surface area is 148 Å². The van der Waals surface area contributed by atoms with Gasteiger partial charge >= 0.3 is 0 Å². The third kappa shape index (κ3) is 4.06. The molecule has 0 radical (unpaired) electrons. The van der Waals surface area contributed by atoms with Gasteiger partial charge in [0.2, 0.25) is 0 Å². The Bertz CT molecular complexity index is 879. The number of benzene rings is 3. The van der Waals surface area contributed by atoms with Crippen molar-refractivity contribution in [1.29, 1.82) is 0 Å². The molecule has 0 saturated heterocycles. The normalized spacial score (nSPS) is 10.4. The molecular weight excluding hydrogens is 370 g/mol. The van der Waals surface area contributed by atoms with Gasteiger partial charge in [-0.15, -0.1) is 0 Å². The van der Waals surface area contributed by atoms with Crippen molar-refractivity contribution in [3.63, 3.8) is 0 Å². The Morgan fingerprint density at radius 1 is 1.00 bits per heavy atom. The third-order valence-corrected chi connectivity index (χ3v) is 3.99. The number of fused-ring (bicyclic) bond motifs is 1. The van der Waals surface area contributed by atoms with Crippen molar-refractivity contribution in [3.8, 4) is 11.5 Å². The molecule has 0 spiro atoms. The summed E-state index contributed by atoms with van der Waals surface area (Å²) in [5.74, 6) is 1.12. The fraction of sp³-hybridized carbons (Fsp3) is 0.105. The van der Waals surface area contributed by atoms with E-state index >= 15 is 0 Å². The molecule has 0 aliphatic rings. The summed E-state index contributed by atoms with van der Waals surface area (Å²) in [6.07, 6.45) is 0. The van der Waals surface area contributed by atoms with Crippen molar-refractivity contribution >= 4 is 38.3 Å². The summed E-state index contributed by atoms with van der Waals surface area (Å²) in [5, 5.41) is 4.95. The van der Waals surface area contributed by atoms with Gasteiger partial charge in [0.1, 0.15) is 11.5 Å². The number of carbonyl (C=O) groups is 1. The Morgan fingerprint density at radius 3 is 2.62 bits per heavy atom. The lowest BCUT2D eigenvalue weighted by Gasteiger charge is -2.09. The second kappa shape index (κ2) is 7.36. The van der Waals surface area contributed by atoms with Crippen LogP contribution in [0.4, 0.5) is 5.69 Å². The first-order chi connectivity index (χ1) is 11.6. The van der Waals surface area contributed by atoms with Crippen LogP contribution in [0, 0.1) is 0 Å². The molecule has 1 N–H and O–H groups in total. The molecular formula is C19H16BrNO3. The van der Waals surface area contributed by atoms with E-state index in [0.29, 0.717) is 17.2 Å². The number of rotatable bonds is 5. The van der Waals surface area contributed by atoms with Gasteiger partial charge in [-0.2, -0.15) is 0 Å². The number of carbonyl (C=O) groups excluding carboxylic acids is 1. The van der Waals surface area contributed by atoms with E-state index < -0.39 is 0 Å². The molecule has 0 aliphatic heterocycles. The van der Waals surface area contributed by atoms with E-state index in [1.165, 1.54) is 0 Å². The molecule has 0 heterocycles. The first-order valence-electron chi connectivity index (χ1n) is 7.40. The number of amides is 1. The number of anilines is 1. The van der Waals surface area contributed by atoms with Crippen LogP contribution in [0.15, 0.2) is 65.1 Å². The first-order valence-corrected chi connectivity index (χ1v) is 8.19. The predicted octanol–water partition coefficient (Wildman–Crippen LogP) is 4.63. The van der Waals surface area contributed by atoms with Crippen LogP contribution in [0.25, 0.3) is 10.8 Å². The van der Waals surface area contributed by atoms with Crippen LogP contribution in [0.5, 0.6) is 11.5 Å². The molecule has 0 fully saturated rings. The zero-order valence-corrected chi connectivity index (χ0v) is 14.7. The third-order valence-electron chi connectivity index (χ3n) is 3.50. The molecule has 0 bridgehead atoms. The SMILES string of the molecule is COc1cccc(NC(=O)COc2ccc3cc(Br)ccc3c2)c1.